The zero-order valence-corrected chi connectivity index (χ0v) is 13.1. The van der Waals surface area contributed by atoms with Gasteiger partial charge in [0, 0.05) is 37.5 Å². The molecule has 1 aliphatic heterocycles. The number of aromatic nitrogens is 2. The molecule has 6 nitrogen and oxygen atoms in total. The Balaban J connectivity index is 1.86. The molecule has 6 heteroatoms. The van der Waals surface area contributed by atoms with Crippen molar-refractivity contribution < 1.29 is 9.90 Å². The Hall–Kier alpha value is -2.47. The van der Waals surface area contributed by atoms with Crippen molar-refractivity contribution in [2.45, 2.75) is 25.9 Å². The molecule has 0 radical (unpaired) electrons. The minimum Gasteiger partial charge on any atom is -0.391 e. The number of hydrogen-bond acceptors (Lipinski definition) is 5. The number of aliphatic hydroxyl groups excluding tert-OH is 1. The Morgan fingerprint density at radius 2 is 2.26 bits per heavy atom. The number of nitrogens with zero attached hydrogens (tertiary/aromatic N) is 3. The fourth-order valence-electron chi connectivity index (χ4n) is 2.77. The molecule has 1 saturated heterocycles. The van der Waals surface area contributed by atoms with Gasteiger partial charge in [0.05, 0.1) is 6.10 Å². The fraction of sp³-hybridized carbons (Fsp3) is 0.353. The number of nitrogens with one attached hydrogen (secondary N) is 1. The van der Waals surface area contributed by atoms with E-state index >= 15 is 0 Å². The van der Waals surface area contributed by atoms with Gasteiger partial charge in [-0.15, -0.1) is 0 Å². The van der Waals surface area contributed by atoms with E-state index in [1.807, 2.05) is 30.3 Å². The van der Waals surface area contributed by atoms with Crippen LogP contribution >= 0.6 is 0 Å². The zero-order valence-electron chi connectivity index (χ0n) is 13.1. The number of hydrogen-bond donors (Lipinski definition) is 2. The first kappa shape index (κ1) is 15.4. The van der Waals surface area contributed by atoms with Crippen LogP contribution in [-0.2, 0) is 4.79 Å². The van der Waals surface area contributed by atoms with E-state index in [9.17, 15) is 9.90 Å². The first-order chi connectivity index (χ1) is 11.1. The third-order valence-electron chi connectivity index (χ3n) is 3.80. The highest BCUT2D eigenvalue weighted by Gasteiger charge is 2.19. The molecule has 1 atom stereocenters. The van der Waals surface area contributed by atoms with Crippen LogP contribution in [0.4, 0.5) is 11.5 Å². The molecular formula is C17H20N4O2. The highest BCUT2D eigenvalue weighted by atomic mass is 16.3. The second kappa shape index (κ2) is 6.75. The van der Waals surface area contributed by atoms with Gasteiger partial charge in [-0.05, 0) is 31.0 Å². The quantitative estimate of drug-likeness (QED) is 0.907. The molecule has 0 saturated carbocycles. The molecule has 2 heterocycles. The summed E-state index contributed by atoms with van der Waals surface area (Å²) in [6.07, 6.45) is 3.22. The van der Waals surface area contributed by atoms with Crippen molar-refractivity contribution in [1.82, 2.24) is 9.97 Å². The second-order valence-electron chi connectivity index (χ2n) is 5.74. The van der Waals surface area contributed by atoms with Gasteiger partial charge < -0.3 is 15.3 Å². The number of carbonyl (C=O) groups excluding carboxylic acids is 1. The summed E-state index contributed by atoms with van der Waals surface area (Å²) in [6, 6.07) is 9.32. The van der Waals surface area contributed by atoms with Crippen LogP contribution in [0.25, 0.3) is 11.4 Å². The summed E-state index contributed by atoms with van der Waals surface area (Å²) >= 11 is 0. The highest BCUT2D eigenvalue weighted by Crippen LogP contribution is 2.23. The summed E-state index contributed by atoms with van der Waals surface area (Å²) in [5, 5.41) is 12.6. The van der Waals surface area contributed by atoms with E-state index in [4.69, 9.17) is 0 Å². The Kier molecular flexibility index (Phi) is 4.52. The van der Waals surface area contributed by atoms with Crippen LogP contribution in [-0.4, -0.2) is 40.2 Å². The van der Waals surface area contributed by atoms with Crippen LogP contribution in [0.2, 0.25) is 0 Å². The molecule has 0 aliphatic carbocycles. The third-order valence-corrected chi connectivity index (χ3v) is 3.80. The molecular weight excluding hydrogens is 292 g/mol. The Bertz CT molecular complexity index is 704. The first-order valence-electron chi connectivity index (χ1n) is 7.76. The largest absolute Gasteiger partial charge is 0.391 e. The molecule has 2 aromatic rings. The summed E-state index contributed by atoms with van der Waals surface area (Å²) < 4.78 is 0. The van der Waals surface area contributed by atoms with Crippen molar-refractivity contribution in [3.05, 3.63) is 36.5 Å². The maximum atomic E-state index is 11.2. The predicted octanol–water partition coefficient (Wildman–Crippen LogP) is 2.06. The maximum Gasteiger partial charge on any atom is 0.221 e. The second-order valence-corrected chi connectivity index (χ2v) is 5.74. The van der Waals surface area contributed by atoms with E-state index in [2.05, 4.69) is 20.2 Å². The van der Waals surface area contributed by atoms with Gasteiger partial charge in [-0.25, -0.2) is 9.97 Å². The number of anilines is 2. The van der Waals surface area contributed by atoms with E-state index in [0.717, 1.165) is 36.5 Å². The molecule has 1 aromatic heterocycles. The summed E-state index contributed by atoms with van der Waals surface area (Å²) in [5.74, 6) is 1.31. The van der Waals surface area contributed by atoms with Gasteiger partial charge in [-0.1, -0.05) is 12.1 Å². The predicted molar refractivity (Wildman–Crippen MR) is 89.2 cm³/mol. The number of benzene rings is 1. The van der Waals surface area contributed by atoms with E-state index < -0.39 is 0 Å². The van der Waals surface area contributed by atoms with Gasteiger partial charge in [-0.3, -0.25) is 4.79 Å². The van der Waals surface area contributed by atoms with Gasteiger partial charge >= 0.3 is 0 Å². The molecule has 23 heavy (non-hydrogen) atoms. The number of rotatable bonds is 3. The number of amides is 1. The summed E-state index contributed by atoms with van der Waals surface area (Å²) in [6.45, 7) is 2.97. The normalized spacial score (nSPS) is 17.8. The van der Waals surface area contributed by atoms with Crippen molar-refractivity contribution >= 4 is 17.4 Å². The zero-order chi connectivity index (χ0) is 16.2. The molecule has 1 unspecified atom stereocenters. The summed E-state index contributed by atoms with van der Waals surface area (Å²) in [5.41, 5.74) is 1.56. The average molecular weight is 312 g/mol. The van der Waals surface area contributed by atoms with Crippen LogP contribution in [0.5, 0.6) is 0 Å². The minimum atomic E-state index is -0.301. The van der Waals surface area contributed by atoms with Crippen LogP contribution in [0.15, 0.2) is 36.5 Å². The van der Waals surface area contributed by atoms with Crippen molar-refractivity contribution in [3.63, 3.8) is 0 Å². The Labute approximate surface area is 135 Å². The molecule has 1 amide bonds. The van der Waals surface area contributed by atoms with Crippen LogP contribution in [0.1, 0.15) is 19.8 Å². The lowest BCUT2D eigenvalue weighted by atomic mass is 10.1. The van der Waals surface area contributed by atoms with E-state index in [-0.39, 0.29) is 12.0 Å². The van der Waals surface area contributed by atoms with Gasteiger partial charge in [0.15, 0.2) is 5.82 Å². The van der Waals surface area contributed by atoms with Crippen molar-refractivity contribution in [2.24, 2.45) is 0 Å². The lowest BCUT2D eigenvalue weighted by Gasteiger charge is -2.31. The molecule has 120 valence electrons. The van der Waals surface area contributed by atoms with Crippen molar-refractivity contribution in [1.29, 1.82) is 0 Å². The van der Waals surface area contributed by atoms with Gasteiger partial charge in [-0.2, -0.15) is 0 Å². The monoisotopic (exact) mass is 312 g/mol. The van der Waals surface area contributed by atoms with Crippen molar-refractivity contribution in [3.8, 4) is 11.4 Å². The van der Waals surface area contributed by atoms with Gasteiger partial charge in [0.25, 0.3) is 0 Å². The standard InChI is InChI=1S/C17H20N4O2/c1-12(22)19-14-5-2-4-13(10-14)17-18-8-7-16(20-17)21-9-3-6-15(23)11-21/h2,4-5,7-8,10,15,23H,3,6,9,11H2,1H3,(H,19,22). The molecule has 1 fully saturated rings. The fourth-order valence-corrected chi connectivity index (χ4v) is 2.77. The highest BCUT2D eigenvalue weighted by molar-refractivity contribution is 5.89. The molecule has 1 aliphatic rings. The lowest BCUT2D eigenvalue weighted by Crippen LogP contribution is -2.38. The molecule has 1 aromatic carbocycles. The lowest BCUT2D eigenvalue weighted by molar-refractivity contribution is -0.114. The molecule has 0 spiro atoms. The topological polar surface area (TPSA) is 78.4 Å². The Morgan fingerprint density at radius 3 is 3.04 bits per heavy atom. The van der Waals surface area contributed by atoms with Crippen LogP contribution < -0.4 is 10.2 Å². The minimum absolute atomic E-state index is 0.112. The van der Waals surface area contributed by atoms with Gasteiger partial charge in [0.2, 0.25) is 5.91 Å². The van der Waals surface area contributed by atoms with Crippen molar-refractivity contribution in [2.75, 3.05) is 23.3 Å². The number of β-amino-alcohol motifs (C(OH)–C–C–N with tert-alkyl or cyclic N) is 1. The van der Waals surface area contributed by atoms with Crippen LogP contribution in [0.3, 0.4) is 0 Å². The smallest absolute Gasteiger partial charge is 0.221 e. The summed E-state index contributed by atoms with van der Waals surface area (Å²) in [4.78, 5) is 22.2. The molecule has 2 N–H and O–H groups in total. The third kappa shape index (κ3) is 3.84. The number of piperidine rings is 1. The average Bonchev–Trinajstić information content (AvgIpc) is 2.55. The van der Waals surface area contributed by atoms with E-state index in [0.29, 0.717) is 12.4 Å². The summed E-state index contributed by atoms with van der Waals surface area (Å²) in [7, 11) is 0. The molecule has 3 rings (SSSR count). The number of aliphatic hydroxyl groups is 1. The maximum absolute atomic E-state index is 11.2. The number of carbonyl (C=O) groups is 1. The Morgan fingerprint density at radius 1 is 1.39 bits per heavy atom. The SMILES string of the molecule is CC(=O)Nc1cccc(-c2nccc(N3CCCC(O)C3)n2)c1. The van der Waals surface area contributed by atoms with E-state index in [1.54, 1.807) is 6.20 Å². The van der Waals surface area contributed by atoms with Crippen LogP contribution in [0, 0.1) is 0 Å². The molecule has 0 bridgehead atoms. The van der Waals surface area contributed by atoms with E-state index in [1.165, 1.54) is 6.92 Å². The van der Waals surface area contributed by atoms with Gasteiger partial charge in [0.1, 0.15) is 5.82 Å². The first-order valence-corrected chi connectivity index (χ1v) is 7.76.